The second-order valence-corrected chi connectivity index (χ2v) is 5.79. The maximum Gasteiger partial charge on any atom is 0.224 e. The average Bonchev–Trinajstić information content (AvgIpc) is 2.95. The molecule has 0 bridgehead atoms. The number of carbonyl (C=O) groups is 1. The van der Waals surface area contributed by atoms with Crippen LogP contribution >= 0.6 is 15.9 Å². The van der Waals surface area contributed by atoms with Gasteiger partial charge in [-0.25, -0.2) is 0 Å². The van der Waals surface area contributed by atoms with Crippen LogP contribution in [-0.4, -0.2) is 25.5 Å². The van der Waals surface area contributed by atoms with Crippen molar-refractivity contribution >= 4 is 21.8 Å². The molecular formula is C13H18BrN5O. The SMILES string of the molecule is Cc1c(CNC(=O)C(C)Cn2cc(Br)cn2)cnn1C. The van der Waals surface area contributed by atoms with Crippen molar-refractivity contribution in [3.05, 3.63) is 34.3 Å². The zero-order chi connectivity index (χ0) is 14.7. The van der Waals surface area contributed by atoms with Gasteiger partial charge in [-0.1, -0.05) is 6.92 Å². The van der Waals surface area contributed by atoms with Crippen LogP contribution in [0.5, 0.6) is 0 Å². The van der Waals surface area contributed by atoms with Gasteiger partial charge in [-0.15, -0.1) is 0 Å². The van der Waals surface area contributed by atoms with Crippen molar-refractivity contribution in [2.75, 3.05) is 0 Å². The Kier molecular flexibility index (Phi) is 4.59. The first-order valence-electron chi connectivity index (χ1n) is 6.40. The molecular weight excluding hydrogens is 322 g/mol. The Morgan fingerprint density at radius 2 is 2.20 bits per heavy atom. The summed E-state index contributed by atoms with van der Waals surface area (Å²) in [6, 6.07) is 0. The maximum absolute atomic E-state index is 12.1. The zero-order valence-corrected chi connectivity index (χ0v) is 13.4. The van der Waals surface area contributed by atoms with Crippen molar-refractivity contribution in [2.45, 2.75) is 26.9 Å². The van der Waals surface area contributed by atoms with E-state index in [0.717, 1.165) is 15.7 Å². The third-order valence-corrected chi connectivity index (χ3v) is 3.71. The van der Waals surface area contributed by atoms with Gasteiger partial charge in [0, 0.05) is 31.0 Å². The summed E-state index contributed by atoms with van der Waals surface area (Å²) in [6.07, 6.45) is 5.35. The Balaban J connectivity index is 1.86. The van der Waals surface area contributed by atoms with Crippen LogP contribution in [0.3, 0.4) is 0 Å². The fourth-order valence-corrected chi connectivity index (χ4v) is 2.20. The minimum atomic E-state index is -0.140. The summed E-state index contributed by atoms with van der Waals surface area (Å²) in [7, 11) is 1.89. The molecule has 0 fully saturated rings. The maximum atomic E-state index is 12.1. The smallest absolute Gasteiger partial charge is 0.224 e. The summed E-state index contributed by atoms with van der Waals surface area (Å²) in [5.74, 6) is -0.126. The van der Waals surface area contributed by atoms with E-state index in [-0.39, 0.29) is 11.8 Å². The van der Waals surface area contributed by atoms with Crippen LogP contribution in [-0.2, 0) is 24.9 Å². The monoisotopic (exact) mass is 339 g/mol. The Morgan fingerprint density at radius 1 is 1.45 bits per heavy atom. The molecule has 0 aliphatic carbocycles. The van der Waals surface area contributed by atoms with Gasteiger partial charge in [-0.3, -0.25) is 14.2 Å². The molecule has 6 nitrogen and oxygen atoms in total. The second kappa shape index (κ2) is 6.21. The van der Waals surface area contributed by atoms with Crippen molar-refractivity contribution in [3.8, 4) is 0 Å². The van der Waals surface area contributed by atoms with E-state index in [9.17, 15) is 4.79 Å². The van der Waals surface area contributed by atoms with Crippen molar-refractivity contribution < 1.29 is 4.79 Å². The first kappa shape index (κ1) is 14.8. The van der Waals surface area contributed by atoms with Crippen molar-refractivity contribution in [3.63, 3.8) is 0 Å². The Bertz CT molecular complexity index is 604. The predicted molar refractivity (Wildman–Crippen MR) is 78.9 cm³/mol. The normalized spacial score (nSPS) is 12.4. The van der Waals surface area contributed by atoms with E-state index in [4.69, 9.17) is 0 Å². The number of aryl methyl sites for hydroxylation is 1. The number of rotatable bonds is 5. The quantitative estimate of drug-likeness (QED) is 0.900. The van der Waals surface area contributed by atoms with Gasteiger partial charge in [0.1, 0.15) is 0 Å². The molecule has 0 aromatic carbocycles. The molecule has 2 aromatic rings. The lowest BCUT2D eigenvalue weighted by Crippen LogP contribution is -2.31. The van der Waals surface area contributed by atoms with E-state index in [1.165, 1.54) is 0 Å². The summed E-state index contributed by atoms with van der Waals surface area (Å²) >= 11 is 3.34. The molecule has 2 rings (SSSR count). The summed E-state index contributed by atoms with van der Waals surface area (Å²) < 4.78 is 4.46. The molecule has 1 unspecified atom stereocenters. The molecule has 7 heteroatoms. The van der Waals surface area contributed by atoms with Gasteiger partial charge in [-0.05, 0) is 22.9 Å². The molecule has 0 saturated heterocycles. The number of halogens is 1. The fraction of sp³-hybridized carbons (Fsp3) is 0.462. The van der Waals surface area contributed by atoms with E-state index in [1.807, 2.05) is 27.1 Å². The molecule has 0 saturated carbocycles. The summed E-state index contributed by atoms with van der Waals surface area (Å²) in [6.45, 7) is 4.94. The van der Waals surface area contributed by atoms with E-state index < -0.39 is 0 Å². The Labute approximate surface area is 126 Å². The van der Waals surface area contributed by atoms with Gasteiger partial charge < -0.3 is 5.32 Å². The number of aromatic nitrogens is 4. The second-order valence-electron chi connectivity index (χ2n) is 4.88. The highest BCUT2D eigenvalue weighted by Crippen LogP contribution is 2.09. The summed E-state index contributed by atoms with van der Waals surface area (Å²) in [5.41, 5.74) is 2.10. The van der Waals surface area contributed by atoms with Crippen LogP contribution in [0.1, 0.15) is 18.2 Å². The summed E-state index contributed by atoms with van der Waals surface area (Å²) in [4.78, 5) is 12.1. The topological polar surface area (TPSA) is 64.7 Å². The van der Waals surface area contributed by atoms with Crippen LogP contribution in [0.15, 0.2) is 23.1 Å². The molecule has 2 heterocycles. The molecule has 1 amide bonds. The van der Waals surface area contributed by atoms with Gasteiger partial charge in [-0.2, -0.15) is 10.2 Å². The van der Waals surface area contributed by atoms with Gasteiger partial charge in [0.05, 0.1) is 29.3 Å². The highest BCUT2D eigenvalue weighted by atomic mass is 79.9. The highest BCUT2D eigenvalue weighted by Gasteiger charge is 2.14. The van der Waals surface area contributed by atoms with Gasteiger partial charge in [0.15, 0.2) is 0 Å². The van der Waals surface area contributed by atoms with Gasteiger partial charge in [0.25, 0.3) is 0 Å². The molecule has 108 valence electrons. The molecule has 1 atom stereocenters. The molecule has 2 aromatic heterocycles. The Morgan fingerprint density at radius 3 is 2.75 bits per heavy atom. The van der Waals surface area contributed by atoms with Gasteiger partial charge in [0.2, 0.25) is 5.91 Å². The highest BCUT2D eigenvalue weighted by molar-refractivity contribution is 9.10. The van der Waals surface area contributed by atoms with Gasteiger partial charge >= 0.3 is 0 Å². The number of hydrogen-bond donors (Lipinski definition) is 1. The lowest BCUT2D eigenvalue weighted by molar-refractivity contribution is -0.125. The van der Waals surface area contributed by atoms with Crippen LogP contribution in [0.2, 0.25) is 0 Å². The molecule has 1 N–H and O–H groups in total. The predicted octanol–water partition coefficient (Wildman–Crippen LogP) is 1.64. The molecule has 0 spiro atoms. The average molecular weight is 340 g/mol. The minimum absolute atomic E-state index is 0.0138. The molecule has 0 radical (unpaired) electrons. The number of hydrogen-bond acceptors (Lipinski definition) is 3. The van der Waals surface area contributed by atoms with Crippen LogP contribution in [0.25, 0.3) is 0 Å². The minimum Gasteiger partial charge on any atom is -0.352 e. The lowest BCUT2D eigenvalue weighted by atomic mass is 10.1. The van der Waals surface area contributed by atoms with Crippen LogP contribution in [0, 0.1) is 12.8 Å². The molecule has 0 aliphatic heterocycles. The number of nitrogens with zero attached hydrogens (tertiary/aromatic N) is 4. The number of amides is 1. The zero-order valence-electron chi connectivity index (χ0n) is 11.8. The first-order valence-corrected chi connectivity index (χ1v) is 7.20. The lowest BCUT2D eigenvalue weighted by Gasteiger charge is -2.12. The van der Waals surface area contributed by atoms with E-state index >= 15 is 0 Å². The number of carbonyl (C=O) groups excluding carboxylic acids is 1. The standard InChI is InChI=1S/C13H18BrN5O/c1-9(7-19-8-12(14)6-17-19)13(20)15-4-11-5-16-18(3)10(11)2/h5-6,8-9H,4,7H2,1-3H3,(H,15,20). The fourth-order valence-electron chi connectivity index (χ4n) is 1.88. The van der Waals surface area contributed by atoms with E-state index in [0.29, 0.717) is 13.1 Å². The largest absolute Gasteiger partial charge is 0.352 e. The molecule has 20 heavy (non-hydrogen) atoms. The number of nitrogens with one attached hydrogen (secondary N) is 1. The third kappa shape index (κ3) is 3.47. The van der Waals surface area contributed by atoms with E-state index in [2.05, 4.69) is 31.4 Å². The van der Waals surface area contributed by atoms with Crippen molar-refractivity contribution in [1.82, 2.24) is 24.9 Å². The summed E-state index contributed by atoms with van der Waals surface area (Å²) in [5, 5.41) is 11.2. The molecule has 0 aliphatic rings. The van der Waals surface area contributed by atoms with Crippen LogP contribution < -0.4 is 5.32 Å². The van der Waals surface area contributed by atoms with Crippen molar-refractivity contribution in [1.29, 1.82) is 0 Å². The van der Waals surface area contributed by atoms with E-state index in [1.54, 1.807) is 21.8 Å². The Hall–Kier alpha value is -1.63. The first-order chi connectivity index (χ1) is 9.47. The third-order valence-electron chi connectivity index (χ3n) is 3.30. The van der Waals surface area contributed by atoms with Crippen molar-refractivity contribution in [2.24, 2.45) is 13.0 Å². The van der Waals surface area contributed by atoms with Crippen LogP contribution in [0.4, 0.5) is 0 Å².